The first kappa shape index (κ1) is 12.7. The Labute approximate surface area is 94.2 Å². The van der Waals surface area contributed by atoms with Crippen LogP contribution in [0, 0.1) is 0 Å². The zero-order chi connectivity index (χ0) is 12.0. The van der Waals surface area contributed by atoms with Gasteiger partial charge in [0.25, 0.3) is 0 Å². The van der Waals surface area contributed by atoms with Crippen LogP contribution in [0.1, 0.15) is 34.7 Å². The lowest BCUT2D eigenvalue weighted by Gasteiger charge is -2.16. The first-order valence-electron chi connectivity index (χ1n) is 5.24. The van der Waals surface area contributed by atoms with Gasteiger partial charge in [0.15, 0.2) is 0 Å². The SMILES string of the molecule is O=C(O)c1ccccc1C(CO)CCCO. The Morgan fingerprint density at radius 1 is 1.25 bits per heavy atom. The van der Waals surface area contributed by atoms with Gasteiger partial charge in [-0.3, -0.25) is 0 Å². The molecule has 4 heteroatoms. The van der Waals surface area contributed by atoms with Gasteiger partial charge in [-0.2, -0.15) is 0 Å². The monoisotopic (exact) mass is 224 g/mol. The summed E-state index contributed by atoms with van der Waals surface area (Å²) in [6, 6.07) is 6.65. The van der Waals surface area contributed by atoms with Crippen molar-refractivity contribution >= 4 is 5.97 Å². The fraction of sp³-hybridized carbons (Fsp3) is 0.417. The highest BCUT2D eigenvalue weighted by Gasteiger charge is 2.17. The van der Waals surface area contributed by atoms with Gasteiger partial charge in [-0.1, -0.05) is 18.2 Å². The summed E-state index contributed by atoms with van der Waals surface area (Å²) in [6.07, 6.45) is 1.14. The lowest BCUT2D eigenvalue weighted by Crippen LogP contribution is -2.11. The molecule has 3 N–H and O–H groups in total. The summed E-state index contributed by atoms with van der Waals surface area (Å²) in [5.41, 5.74) is 0.852. The second-order valence-corrected chi connectivity index (χ2v) is 3.64. The highest BCUT2D eigenvalue weighted by molar-refractivity contribution is 5.89. The van der Waals surface area contributed by atoms with Gasteiger partial charge < -0.3 is 15.3 Å². The maximum Gasteiger partial charge on any atom is 0.335 e. The van der Waals surface area contributed by atoms with E-state index in [2.05, 4.69) is 0 Å². The van der Waals surface area contributed by atoms with Crippen LogP contribution in [0.25, 0.3) is 0 Å². The molecule has 88 valence electrons. The van der Waals surface area contributed by atoms with E-state index in [1.54, 1.807) is 18.2 Å². The number of aliphatic hydroxyl groups is 2. The van der Waals surface area contributed by atoms with Gasteiger partial charge in [0.05, 0.1) is 5.56 Å². The molecule has 1 aromatic rings. The molecule has 0 spiro atoms. The molecule has 0 saturated heterocycles. The predicted molar refractivity (Wildman–Crippen MR) is 59.5 cm³/mol. The summed E-state index contributed by atoms with van der Waals surface area (Å²) in [4.78, 5) is 11.0. The summed E-state index contributed by atoms with van der Waals surface area (Å²) in [7, 11) is 0. The average Bonchev–Trinajstić information content (AvgIpc) is 2.30. The molecule has 0 aliphatic carbocycles. The van der Waals surface area contributed by atoms with E-state index in [9.17, 15) is 9.90 Å². The third kappa shape index (κ3) is 3.05. The van der Waals surface area contributed by atoms with E-state index in [-0.39, 0.29) is 24.7 Å². The van der Waals surface area contributed by atoms with Crippen LogP contribution in [-0.4, -0.2) is 34.5 Å². The summed E-state index contributed by atoms with van der Waals surface area (Å²) in [6.45, 7) is -0.0595. The molecule has 0 aliphatic heterocycles. The van der Waals surface area contributed by atoms with Crippen molar-refractivity contribution in [2.24, 2.45) is 0 Å². The fourth-order valence-corrected chi connectivity index (χ4v) is 1.73. The Hall–Kier alpha value is -1.39. The van der Waals surface area contributed by atoms with E-state index in [0.717, 1.165) is 0 Å². The topological polar surface area (TPSA) is 77.8 Å². The van der Waals surface area contributed by atoms with Crippen LogP contribution in [-0.2, 0) is 0 Å². The predicted octanol–water partition coefficient (Wildman–Crippen LogP) is 1.23. The van der Waals surface area contributed by atoms with E-state index >= 15 is 0 Å². The number of benzene rings is 1. The number of carboxylic acids is 1. The first-order chi connectivity index (χ1) is 7.70. The van der Waals surface area contributed by atoms with Crippen molar-refractivity contribution in [1.82, 2.24) is 0 Å². The van der Waals surface area contributed by atoms with Crippen molar-refractivity contribution in [3.8, 4) is 0 Å². The molecule has 0 radical (unpaired) electrons. The van der Waals surface area contributed by atoms with Gasteiger partial charge in [0, 0.05) is 19.1 Å². The Kier molecular flexibility index (Phi) is 4.95. The third-order valence-electron chi connectivity index (χ3n) is 2.56. The van der Waals surface area contributed by atoms with Crippen molar-refractivity contribution in [3.05, 3.63) is 35.4 Å². The van der Waals surface area contributed by atoms with Crippen LogP contribution in [0.2, 0.25) is 0 Å². The number of carbonyl (C=O) groups is 1. The summed E-state index contributed by atoms with van der Waals surface area (Å²) >= 11 is 0. The average molecular weight is 224 g/mol. The molecule has 1 rings (SSSR count). The molecule has 0 heterocycles. The zero-order valence-corrected chi connectivity index (χ0v) is 8.97. The summed E-state index contributed by atoms with van der Waals surface area (Å²) < 4.78 is 0. The van der Waals surface area contributed by atoms with Crippen LogP contribution in [0.3, 0.4) is 0 Å². The van der Waals surface area contributed by atoms with E-state index in [4.69, 9.17) is 10.2 Å². The number of hydrogen-bond donors (Lipinski definition) is 3. The molecule has 1 unspecified atom stereocenters. The fourth-order valence-electron chi connectivity index (χ4n) is 1.73. The molecule has 0 aliphatic rings. The van der Waals surface area contributed by atoms with E-state index in [0.29, 0.717) is 18.4 Å². The normalized spacial score (nSPS) is 12.4. The van der Waals surface area contributed by atoms with Gasteiger partial charge in [-0.05, 0) is 24.5 Å². The highest BCUT2D eigenvalue weighted by Crippen LogP contribution is 2.24. The summed E-state index contributed by atoms with van der Waals surface area (Å²) in [5.74, 6) is -1.21. The lowest BCUT2D eigenvalue weighted by atomic mass is 9.91. The second kappa shape index (κ2) is 6.25. The standard InChI is InChI=1S/C12H16O4/c13-7-3-4-9(8-14)10-5-1-2-6-11(10)12(15)16/h1-2,5-6,9,13-14H,3-4,7-8H2,(H,15,16). The Morgan fingerprint density at radius 2 is 1.94 bits per heavy atom. The number of hydrogen-bond acceptors (Lipinski definition) is 3. The van der Waals surface area contributed by atoms with Crippen molar-refractivity contribution in [2.75, 3.05) is 13.2 Å². The quantitative estimate of drug-likeness (QED) is 0.679. The van der Waals surface area contributed by atoms with Crippen LogP contribution < -0.4 is 0 Å². The molecule has 0 bridgehead atoms. The molecule has 16 heavy (non-hydrogen) atoms. The smallest absolute Gasteiger partial charge is 0.335 e. The minimum Gasteiger partial charge on any atom is -0.478 e. The maximum atomic E-state index is 11.0. The molecule has 0 fully saturated rings. The van der Waals surface area contributed by atoms with Gasteiger partial charge in [-0.25, -0.2) is 4.79 Å². The maximum absolute atomic E-state index is 11.0. The van der Waals surface area contributed by atoms with E-state index in [1.165, 1.54) is 6.07 Å². The second-order valence-electron chi connectivity index (χ2n) is 3.64. The van der Waals surface area contributed by atoms with Crippen LogP contribution in [0.5, 0.6) is 0 Å². The number of aromatic carboxylic acids is 1. The molecule has 4 nitrogen and oxygen atoms in total. The Morgan fingerprint density at radius 3 is 2.50 bits per heavy atom. The molecule has 0 amide bonds. The van der Waals surface area contributed by atoms with Crippen LogP contribution in [0.4, 0.5) is 0 Å². The largest absolute Gasteiger partial charge is 0.478 e. The van der Waals surface area contributed by atoms with Gasteiger partial charge in [0.2, 0.25) is 0 Å². The van der Waals surface area contributed by atoms with Crippen molar-refractivity contribution in [3.63, 3.8) is 0 Å². The molecule has 1 aromatic carbocycles. The number of rotatable bonds is 6. The zero-order valence-electron chi connectivity index (χ0n) is 8.97. The minimum absolute atomic E-state index is 0.0474. The molecular weight excluding hydrogens is 208 g/mol. The van der Waals surface area contributed by atoms with Gasteiger partial charge in [-0.15, -0.1) is 0 Å². The van der Waals surface area contributed by atoms with Crippen molar-refractivity contribution in [2.45, 2.75) is 18.8 Å². The molecule has 1 atom stereocenters. The van der Waals surface area contributed by atoms with Crippen LogP contribution in [0.15, 0.2) is 24.3 Å². The van der Waals surface area contributed by atoms with Gasteiger partial charge >= 0.3 is 5.97 Å². The van der Waals surface area contributed by atoms with Crippen LogP contribution >= 0.6 is 0 Å². The lowest BCUT2D eigenvalue weighted by molar-refractivity contribution is 0.0694. The summed E-state index contributed by atoms with van der Waals surface area (Å²) in [5, 5.41) is 27.0. The number of carboxylic acid groups (broad SMARTS) is 1. The highest BCUT2D eigenvalue weighted by atomic mass is 16.4. The Bertz CT molecular complexity index is 349. The van der Waals surface area contributed by atoms with Crippen molar-refractivity contribution in [1.29, 1.82) is 0 Å². The Balaban J connectivity index is 2.94. The molecule has 0 aromatic heterocycles. The third-order valence-corrected chi connectivity index (χ3v) is 2.56. The number of aliphatic hydroxyl groups excluding tert-OH is 2. The molecule has 0 saturated carbocycles. The van der Waals surface area contributed by atoms with E-state index in [1.807, 2.05) is 0 Å². The first-order valence-corrected chi connectivity index (χ1v) is 5.24. The minimum atomic E-state index is -0.988. The van der Waals surface area contributed by atoms with Crippen molar-refractivity contribution < 1.29 is 20.1 Å². The van der Waals surface area contributed by atoms with Gasteiger partial charge in [0.1, 0.15) is 0 Å². The molecular formula is C12H16O4. The van der Waals surface area contributed by atoms with E-state index < -0.39 is 5.97 Å².